The fourth-order valence-corrected chi connectivity index (χ4v) is 1.70. The van der Waals surface area contributed by atoms with Gasteiger partial charge in [-0.3, -0.25) is 9.69 Å². The lowest BCUT2D eigenvalue weighted by molar-refractivity contribution is -0.720. The SMILES string of the molecule is CC(C)C(=O)OCC[NH+]1C=Nc2ccccc21. The first kappa shape index (κ1) is 11.8. The molecule has 1 aromatic carbocycles. The largest absolute Gasteiger partial charge is 0.459 e. The highest BCUT2D eigenvalue weighted by Gasteiger charge is 2.20. The van der Waals surface area contributed by atoms with Gasteiger partial charge in [-0.15, -0.1) is 0 Å². The Labute approximate surface area is 101 Å². The molecule has 0 aromatic heterocycles. The van der Waals surface area contributed by atoms with E-state index in [1.807, 2.05) is 44.5 Å². The normalized spacial score (nSPS) is 17.2. The lowest BCUT2D eigenvalue weighted by Gasteiger charge is -2.11. The molecule has 0 radical (unpaired) electrons. The molecule has 0 amide bonds. The highest BCUT2D eigenvalue weighted by Crippen LogP contribution is 2.22. The molecule has 1 heterocycles. The Hall–Kier alpha value is -1.68. The van der Waals surface area contributed by atoms with E-state index in [2.05, 4.69) is 4.99 Å². The van der Waals surface area contributed by atoms with Gasteiger partial charge in [0.15, 0.2) is 12.0 Å². The van der Waals surface area contributed by atoms with Crippen molar-refractivity contribution in [2.24, 2.45) is 10.9 Å². The summed E-state index contributed by atoms with van der Waals surface area (Å²) in [5.74, 6) is -0.210. The van der Waals surface area contributed by atoms with Crippen LogP contribution in [0, 0.1) is 5.92 Å². The molecule has 0 aliphatic carbocycles. The third-order valence-corrected chi connectivity index (χ3v) is 2.70. The lowest BCUT2D eigenvalue weighted by atomic mass is 10.2. The van der Waals surface area contributed by atoms with E-state index in [9.17, 15) is 4.79 Å². The van der Waals surface area contributed by atoms with Gasteiger partial charge in [-0.2, -0.15) is 4.99 Å². The van der Waals surface area contributed by atoms with Crippen molar-refractivity contribution in [3.63, 3.8) is 0 Å². The first-order valence-electron chi connectivity index (χ1n) is 5.84. The van der Waals surface area contributed by atoms with Crippen LogP contribution in [0.4, 0.5) is 11.4 Å². The van der Waals surface area contributed by atoms with Gasteiger partial charge in [0.05, 0.1) is 5.92 Å². The first-order valence-corrected chi connectivity index (χ1v) is 5.84. The van der Waals surface area contributed by atoms with Crippen molar-refractivity contribution in [1.29, 1.82) is 0 Å². The molecule has 1 atom stereocenters. The number of aliphatic imine (C=N–C) groups is 1. The molecule has 0 saturated heterocycles. The zero-order chi connectivity index (χ0) is 12.3. The van der Waals surface area contributed by atoms with Gasteiger partial charge in [-0.25, -0.2) is 0 Å². The number of nitrogens with one attached hydrogen (secondary N) is 1. The molecule has 2 rings (SSSR count). The fraction of sp³-hybridized carbons (Fsp3) is 0.385. The van der Waals surface area contributed by atoms with Gasteiger partial charge in [0.25, 0.3) is 0 Å². The standard InChI is InChI=1S/C13H16N2O2/c1-10(2)13(16)17-8-7-15-9-14-11-5-3-4-6-12(11)15/h3-6,9-10H,7-8H2,1-2H3/p+1. The van der Waals surface area contributed by atoms with Crippen LogP contribution in [-0.2, 0) is 9.53 Å². The Morgan fingerprint density at radius 3 is 2.94 bits per heavy atom. The number of carbonyl (C=O) groups is 1. The highest BCUT2D eigenvalue weighted by molar-refractivity contribution is 5.72. The second kappa shape index (κ2) is 5.10. The van der Waals surface area contributed by atoms with Crippen molar-refractivity contribution in [3.05, 3.63) is 24.3 Å². The number of fused-ring (bicyclic) bond motifs is 1. The summed E-state index contributed by atoms with van der Waals surface area (Å²) in [5, 5.41) is 0. The molecule has 1 aromatic rings. The van der Waals surface area contributed by atoms with Crippen LogP contribution in [0.25, 0.3) is 0 Å². The van der Waals surface area contributed by atoms with E-state index in [4.69, 9.17) is 4.74 Å². The summed E-state index contributed by atoms with van der Waals surface area (Å²) in [6.45, 7) is 4.81. The van der Waals surface area contributed by atoms with E-state index in [-0.39, 0.29) is 11.9 Å². The summed E-state index contributed by atoms with van der Waals surface area (Å²) in [7, 11) is 0. The third-order valence-electron chi connectivity index (χ3n) is 2.70. The molecule has 1 aliphatic rings. The zero-order valence-electron chi connectivity index (χ0n) is 10.1. The van der Waals surface area contributed by atoms with E-state index in [1.165, 1.54) is 0 Å². The van der Waals surface area contributed by atoms with Crippen LogP contribution >= 0.6 is 0 Å². The average molecular weight is 233 g/mol. The van der Waals surface area contributed by atoms with Crippen molar-refractivity contribution >= 4 is 23.7 Å². The van der Waals surface area contributed by atoms with Gasteiger partial charge in [0.1, 0.15) is 18.8 Å². The Morgan fingerprint density at radius 2 is 2.18 bits per heavy atom. The zero-order valence-corrected chi connectivity index (χ0v) is 10.1. The number of hydrogen-bond donors (Lipinski definition) is 1. The molecule has 1 aliphatic heterocycles. The number of quaternary nitrogens is 1. The maximum Gasteiger partial charge on any atom is 0.308 e. The summed E-state index contributed by atoms with van der Waals surface area (Å²) in [4.78, 5) is 16.7. The predicted octanol–water partition coefficient (Wildman–Crippen LogP) is 1.08. The summed E-state index contributed by atoms with van der Waals surface area (Å²) in [6, 6.07) is 7.99. The van der Waals surface area contributed by atoms with Crippen molar-refractivity contribution in [3.8, 4) is 0 Å². The van der Waals surface area contributed by atoms with Crippen molar-refractivity contribution in [1.82, 2.24) is 0 Å². The Kier molecular flexibility index (Phi) is 3.54. The van der Waals surface area contributed by atoms with Crippen LogP contribution in [0.3, 0.4) is 0 Å². The summed E-state index contributed by atoms with van der Waals surface area (Å²) in [6.07, 6.45) is 1.86. The van der Waals surface area contributed by atoms with E-state index in [1.54, 1.807) is 0 Å². The topological polar surface area (TPSA) is 43.1 Å². The number of hydrogen-bond acceptors (Lipinski definition) is 3. The number of para-hydroxylation sites is 2. The van der Waals surface area contributed by atoms with E-state index in [0.717, 1.165) is 22.8 Å². The average Bonchev–Trinajstić information content (AvgIpc) is 2.72. The van der Waals surface area contributed by atoms with Crippen molar-refractivity contribution in [2.45, 2.75) is 13.8 Å². The molecule has 0 saturated carbocycles. The Bertz CT molecular complexity index is 441. The van der Waals surface area contributed by atoms with Crippen LogP contribution in [0.1, 0.15) is 13.8 Å². The molecule has 0 bridgehead atoms. The molecular formula is C13H17N2O2+. The molecule has 4 nitrogen and oxygen atoms in total. The lowest BCUT2D eigenvalue weighted by Crippen LogP contribution is -3.05. The third kappa shape index (κ3) is 2.71. The van der Waals surface area contributed by atoms with E-state index >= 15 is 0 Å². The number of esters is 1. The Morgan fingerprint density at radius 1 is 1.41 bits per heavy atom. The van der Waals surface area contributed by atoms with Gasteiger partial charge in [0.2, 0.25) is 0 Å². The van der Waals surface area contributed by atoms with Crippen LogP contribution in [0.2, 0.25) is 0 Å². The quantitative estimate of drug-likeness (QED) is 0.791. The predicted molar refractivity (Wildman–Crippen MR) is 65.9 cm³/mol. The van der Waals surface area contributed by atoms with E-state index < -0.39 is 0 Å². The molecule has 1 N–H and O–H groups in total. The van der Waals surface area contributed by atoms with Gasteiger partial charge in [0, 0.05) is 6.07 Å². The highest BCUT2D eigenvalue weighted by atomic mass is 16.5. The van der Waals surface area contributed by atoms with Crippen molar-refractivity contribution in [2.75, 3.05) is 13.2 Å². The first-order chi connectivity index (χ1) is 8.18. The summed E-state index contributed by atoms with van der Waals surface area (Å²) >= 11 is 0. The smallest absolute Gasteiger partial charge is 0.308 e. The fourth-order valence-electron chi connectivity index (χ4n) is 1.70. The van der Waals surface area contributed by atoms with Crippen LogP contribution in [0.5, 0.6) is 0 Å². The second-order valence-corrected chi connectivity index (χ2v) is 4.37. The maximum absolute atomic E-state index is 11.3. The molecular weight excluding hydrogens is 216 g/mol. The van der Waals surface area contributed by atoms with Crippen LogP contribution in [0.15, 0.2) is 29.3 Å². The molecule has 4 heteroatoms. The number of benzene rings is 1. The monoisotopic (exact) mass is 233 g/mol. The number of nitrogens with zero attached hydrogens (tertiary/aromatic N) is 1. The maximum atomic E-state index is 11.3. The van der Waals surface area contributed by atoms with Gasteiger partial charge >= 0.3 is 5.97 Å². The van der Waals surface area contributed by atoms with Crippen molar-refractivity contribution < 1.29 is 14.4 Å². The van der Waals surface area contributed by atoms with Crippen LogP contribution < -0.4 is 4.90 Å². The summed E-state index contributed by atoms with van der Waals surface area (Å²) in [5.41, 5.74) is 2.14. The summed E-state index contributed by atoms with van der Waals surface area (Å²) < 4.78 is 5.16. The second-order valence-electron chi connectivity index (χ2n) is 4.37. The van der Waals surface area contributed by atoms with Crippen LogP contribution in [-0.4, -0.2) is 25.5 Å². The van der Waals surface area contributed by atoms with E-state index in [0.29, 0.717) is 6.61 Å². The number of rotatable bonds is 4. The number of ether oxygens (including phenoxy) is 1. The molecule has 1 unspecified atom stereocenters. The van der Waals surface area contributed by atoms with Gasteiger partial charge in [-0.1, -0.05) is 26.0 Å². The molecule has 0 fully saturated rings. The molecule has 0 spiro atoms. The Balaban J connectivity index is 1.86. The minimum absolute atomic E-state index is 0.0652. The van der Waals surface area contributed by atoms with Gasteiger partial charge < -0.3 is 4.74 Å². The molecule has 90 valence electrons. The van der Waals surface area contributed by atoms with Gasteiger partial charge in [-0.05, 0) is 6.07 Å². The molecule has 17 heavy (non-hydrogen) atoms. The minimum atomic E-state index is -0.145. The minimum Gasteiger partial charge on any atom is -0.459 e. The number of carbonyl (C=O) groups excluding carboxylic acids is 1.